The van der Waals surface area contributed by atoms with Crippen LogP contribution >= 0.6 is 12.6 Å². The lowest BCUT2D eigenvalue weighted by molar-refractivity contribution is -0.147. The van der Waals surface area contributed by atoms with Gasteiger partial charge in [0.15, 0.2) is 0 Å². The molecule has 0 bridgehead atoms. The van der Waals surface area contributed by atoms with Crippen molar-refractivity contribution in [1.82, 2.24) is 4.90 Å². The molecule has 0 aromatic carbocycles. The molecule has 0 rings (SSSR count). The molecule has 0 aliphatic heterocycles. The predicted octanol–water partition coefficient (Wildman–Crippen LogP) is 0.404. The summed E-state index contributed by atoms with van der Waals surface area (Å²) in [6.45, 7) is 5.00. The fourth-order valence-corrected chi connectivity index (χ4v) is 1.28. The number of carboxylic acids is 1. The van der Waals surface area contributed by atoms with Gasteiger partial charge in [0.05, 0.1) is 0 Å². The number of hydrogen-bond donors (Lipinski definition) is 2. The molecule has 0 spiro atoms. The van der Waals surface area contributed by atoms with Gasteiger partial charge in [-0.3, -0.25) is 4.79 Å². The lowest BCUT2D eigenvalue weighted by atomic mass is 10.2. The van der Waals surface area contributed by atoms with Crippen LogP contribution in [0.3, 0.4) is 0 Å². The summed E-state index contributed by atoms with van der Waals surface area (Å²) in [5, 5.41) is 8.74. The van der Waals surface area contributed by atoms with Gasteiger partial charge in [-0.2, -0.15) is 12.6 Å². The summed E-state index contributed by atoms with van der Waals surface area (Å²) < 4.78 is 0. The Bertz CT molecular complexity index is 217. The van der Waals surface area contributed by atoms with Crippen LogP contribution in [0, 0.1) is 0 Å². The van der Waals surface area contributed by atoms with Gasteiger partial charge in [0.1, 0.15) is 6.04 Å². The van der Waals surface area contributed by atoms with E-state index in [0.29, 0.717) is 0 Å². The maximum absolute atomic E-state index is 11.0. The number of carboxylic acid groups (broad SMARTS) is 1. The van der Waals surface area contributed by atoms with Gasteiger partial charge in [0.2, 0.25) is 5.91 Å². The molecule has 1 N–H and O–H groups in total. The molecule has 0 aliphatic carbocycles. The Hall–Kier alpha value is -0.970. The molecule has 0 radical (unpaired) electrons. The lowest BCUT2D eigenvalue weighted by Crippen LogP contribution is -2.45. The Labute approximate surface area is 82.6 Å². The summed E-state index contributed by atoms with van der Waals surface area (Å²) in [7, 11) is 0. The first kappa shape index (κ1) is 12.0. The number of rotatable bonds is 5. The van der Waals surface area contributed by atoms with Gasteiger partial charge < -0.3 is 10.0 Å². The molecule has 0 fully saturated rings. The number of amides is 1. The van der Waals surface area contributed by atoms with Crippen LogP contribution in [0.15, 0.2) is 12.7 Å². The second-order valence-corrected chi connectivity index (χ2v) is 2.86. The fraction of sp³-hybridized carbons (Fsp3) is 0.500. The van der Waals surface area contributed by atoms with Crippen molar-refractivity contribution < 1.29 is 14.7 Å². The highest BCUT2D eigenvalue weighted by atomic mass is 32.1. The first-order valence-electron chi connectivity index (χ1n) is 3.76. The number of thiol groups is 1. The Kier molecular flexibility index (Phi) is 5.22. The molecule has 0 aliphatic rings. The molecule has 0 aromatic heterocycles. The Morgan fingerprint density at radius 1 is 1.69 bits per heavy atom. The number of carbonyl (C=O) groups excluding carboxylic acids is 1. The quantitative estimate of drug-likeness (QED) is 0.502. The molecule has 1 atom stereocenters. The Morgan fingerprint density at radius 2 is 2.23 bits per heavy atom. The van der Waals surface area contributed by atoms with Gasteiger partial charge in [-0.15, -0.1) is 6.58 Å². The van der Waals surface area contributed by atoms with E-state index < -0.39 is 12.0 Å². The monoisotopic (exact) mass is 203 g/mol. The SMILES string of the molecule is C=CCN(C(C)=O)C(CS)C(=O)O. The highest BCUT2D eigenvalue weighted by Crippen LogP contribution is 2.03. The summed E-state index contributed by atoms with van der Waals surface area (Å²) in [6.07, 6.45) is 1.49. The van der Waals surface area contributed by atoms with E-state index in [1.807, 2.05) is 0 Å². The first-order chi connectivity index (χ1) is 6.04. The second-order valence-electron chi connectivity index (χ2n) is 2.50. The zero-order chi connectivity index (χ0) is 10.4. The molecule has 13 heavy (non-hydrogen) atoms. The van der Waals surface area contributed by atoms with Crippen molar-refractivity contribution in [3.8, 4) is 0 Å². The van der Waals surface area contributed by atoms with Crippen LogP contribution < -0.4 is 0 Å². The molecule has 0 saturated carbocycles. The topological polar surface area (TPSA) is 57.6 Å². The normalized spacial score (nSPS) is 11.8. The number of carbonyl (C=O) groups is 2. The highest BCUT2D eigenvalue weighted by Gasteiger charge is 2.24. The van der Waals surface area contributed by atoms with Gasteiger partial charge in [-0.1, -0.05) is 6.08 Å². The van der Waals surface area contributed by atoms with Crippen molar-refractivity contribution in [2.24, 2.45) is 0 Å². The standard InChI is InChI=1S/C8H13NO3S/c1-3-4-9(6(2)10)7(5-13)8(11)12/h3,7,13H,1,4-5H2,2H3,(H,11,12). The van der Waals surface area contributed by atoms with Crippen molar-refractivity contribution in [1.29, 1.82) is 0 Å². The van der Waals surface area contributed by atoms with E-state index in [1.54, 1.807) is 0 Å². The van der Waals surface area contributed by atoms with Gasteiger partial charge >= 0.3 is 5.97 Å². The van der Waals surface area contributed by atoms with Crippen molar-refractivity contribution in [3.63, 3.8) is 0 Å². The number of aliphatic carboxylic acids is 1. The first-order valence-corrected chi connectivity index (χ1v) is 4.39. The molecule has 74 valence electrons. The third kappa shape index (κ3) is 3.50. The van der Waals surface area contributed by atoms with Crippen LogP contribution in [0.25, 0.3) is 0 Å². The molecule has 1 unspecified atom stereocenters. The average molecular weight is 203 g/mol. The molecule has 0 aromatic rings. The van der Waals surface area contributed by atoms with Crippen molar-refractivity contribution in [2.75, 3.05) is 12.3 Å². The van der Waals surface area contributed by atoms with E-state index in [2.05, 4.69) is 19.2 Å². The van der Waals surface area contributed by atoms with Crippen LogP contribution in [-0.2, 0) is 9.59 Å². The molecule has 5 heteroatoms. The zero-order valence-electron chi connectivity index (χ0n) is 7.43. The molecular weight excluding hydrogens is 190 g/mol. The molecular formula is C8H13NO3S. The maximum atomic E-state index is 11.0. The third-order valence-corrected chi connectivity index (χ3v) is 1.91. The number of nitrogens with zero attached hydrogens (tertiary/aromatic N) is 1. The van der Waals surface area contributed by atoms with E-state index >= 15 is 0 Å². The minimum Gasteiger partial charge on any atom is -0.480 e. The third-order valence-electron chi connectivity index (χ3n) is 1.56. The largest absolute Gasteiger partial charge is 0.480 e. The van der Waals surface area contributed by atoms with Crippen molar-refractivity contribution in [3.05, 3.63) is 12.7 Å². The molecule has 1 amide bonds. The van der Waals surface area contributed by atoms with Crippen LogP contribution in [0.5, 0.6) is 0 Å². The fourth-order valence-electron chi connectivity index (χ4n) is 0.924. The van der Waals surface area contributed by atoms with E-state index in [0.717, 1.165) is 0 Å². The molecule has 0 saturated heterocycles. The van der Waals surface area contributed by atoms with Crippen molar-refractivity contribution >= 4 is 24.5 Å². The summed E-state index contributed by atoms with van der Waals surface area (Å²) in [4.78, 5) is 22.9. The van der Waals surface area contributed by atoms with Crippen LogP contribution in [0.2, 0.25) is 0 Å². The van der Waals surface area contributed by atoms with E-state index in [-0.39, 0.29) is 18.2 Å². The van der Waals surface area contributed by atoms with E-state index in [4.69, 9.17) is 5.11 Å². The van der Waals surface area contributed by atoms with Gasteiger partial charge in [-0.05, 0) is 0 Å². The van der Waals surface area contributed by atoms with Gasteiger partial charge in [0.25, 0.3) is 0 Å². The van der Waals surface area contributed by atoms with Crippen LogP contribution in [-0.4, -0.2) is 40.2 Å². The molecule has 4 nitrogen and oxygen atoms in total. The smallest absolute Gasteiger partial charge is 0.327 e. The minimum absolute atomic E-state index is 0.1000. The van der Waals surface area contributed by atoms with E-state index in [1.165, 1.54) is 17.9 Å². The summed E-state index contributed by atoms with van der Waals surface area (Å²) in [5.74, 6) is -1.24. The summed E-state index contributed by atoms with van der Waals surface area (Å²) in [5.41, 5.74) is 0. The zero-order valence-corrected chi connectivity index (χ0v) is 8.33. The van der Waals surface area contributed by atoms with Gasteiger partial charge in [-0.25, -0.2) is 4.79 Å². The van der Waals surface area contributed by atoms with Gasteiger partial charge in [0, 0.05) is 19.2 Å². The second kappa shape index (κ2) is 5.64. The molecule has 0 heterocycles. The van der Waals surface area contributed by atoms with Crippen LogP contribution in [0.1, 0.15) is 6.92 Å². The Morgan fingerprint density at radius 3 is 2.46 bits per heavy atom. The lowest BCUT2D eigenvalue weighted by Gasteiger charge is -2.25. The Balaban J connectivity index is 4.57. The minimum atomic E-state index is -1.05. The number of hydrogen-bond acceptors (Lipinski definition) is 3. The summed E-state index contributed by atoms with van der Waals surface area (Å²) >= 11 is 3.87. The highest BCUT2D eigenvalue weighted by molar-refractivity contribution is 7.80. The summed E-state index contributed by atoms with van der Waals surface area (Å²) in [6, 6.07) is -0.876. The average Bonchev–Trinajstić information content (AvgIpc) is 2.03. The maximum Gasteiger partial charge on any atom is 0.327 e. The van der Waals surface area contributed by atoms with Crippen LogP contribution in [0.4, 0.5) is 0 Å². The van der Waals surface area contributed by atoms with E-state index in [9.17, 15) is 9.59 Å². The van der Waals surface area contributed by atoms with Crippen molar-refractivity contribution in [2.45, 2.75) is 13.0 Å². The predicted molar refractivity (Wildman–Crippen MR) is 52.9 cm³/mol.